The van der Waals surface area contributed by atoms with Gasteiger partial charge in [-0.2, -0.15) is 11.3 Å². The molecule has 0 radical (unpaired) electrons. The number of pyridine rings is 1. The number of benzene rings is 1. The summed E-state index contributed by atoms with van der Waals surface area (Å²) in [7, 11) is 3.95. The van der Waals surface area contributed by atoms with E-state index in [2.05, 4.69) is 26.6 Å². The third-order valence-corrected chi connectivity index (χ3v) is 4.97. The second kappa shape index (κ2) is 9.95. The van der Waals surface area contributed by atoms with Crippen LogP contribution in [-0.4, -0.2) is 36.4 Å². The summed E-state index contributed by atoms with van der Waals surface area (Å²) in [6.45, 7) is 0.485. The predicted molar refractivity (Wildman–Crippen MR) is 114 cm³/mol. The number of carbonyl (C=O) groups excluding carboxylic acids is 1. The largest absolute Gasteiger partial charge is 0.453 e. The number of rotatable bonds is 8. The van der Waals surface area contributed by atoms with Gasteiger partial charge in [0.1, 0.15) is 5.75 Å². The monoisotopic (exact) mass is 411 g/mol. The molecule has 3 rings (SSSR count). The van der Waals surface area contributed by atoms with E-state index in [1.165, 1.54) is 24.4 Å². The number of ether oxygens (including phenoxy) is 1. The van der Waals surface area contributed by atoms with Crippen LogP contribution >= 0.6 is 11.3 Å². The van der Waals surface area contributed by atoms with Crippen molar-refractivity contribution in [3.63, 3.8) is 0 Å². The average molecular weight is 412 g/mol. The molecule has 1 aromatic carbocycles. The minimum atomic E-state index is -0.512. The molecular weight excluding hydrogens is 389 g/mol. The number of nitrogens with zero attached hydrogens (tertiary/aromatic N) is 2. The summed E-state index contributed by atoms with van der Waals surface area (Å²) in [6, 6.07) is 10.1. The Morgan fingerprint density at radius 1 is 1.34 bits per heavy atom. The van der Waals surface area contributed by atoms with Crippen LogP contribution in [0, 0.1) is 5.82 Å². The van der Waals surface area contributed by atoms with Gasteiger partial charge in [0.05, 0.1) is 12.2 Å². The standard InChI is InChI=1S/C22H22FN3O2S/c1-26(2)20(17-9-11-29-15-17)14-25-22(27)8-6-16-5-7-21(19(23)12-16)28-18-4-3-10-24-13-18/h3-13,15,20H,14H2,1-2H3,(H,25,27)/b8-6+. The molecule has 0 aliphatic carbocycles. The Hall–Kier alpha value is -3.03. The van der Waals surface area contributed by atoms with Crippen molar-refractivity contribution >= 4 is 23.3 Å². The van der Waals surface area contributed by atoms with E-state index in [1.54, 1.807) is 41.8 Å². The van der Waals surface area contributed by atoms with Gasteiger partial charge in [-0.1, -0.05) is 6.07 Å². The number of halogens is 1. The molecule has 0 fully saturated rings. The van der Waals surface area contributed by atoms with Gasteiger partial charge >= 0.3 is 0 Å². The lowest BCUT2D eigenvalue weighted by Crippen LogP contribution is -2.33. The highest BCUT2D eigenvalue weighted by Crippen LogP contribution is 2.25. The zero-order valence-electron chi connectivity index (χ0n) is 16.2. The zero-order valence-corrected chi connectivity index (χ0v) is 17.0. The highest BCUT2D eigenvalue weighted by molar-refractivity contribution is 7.07. The fourth-order valence-electron chi connectivity index (χ4n) is 2.73. The van der Waals surface area contributed by atoms with E-state index in [0.717, 1.165) is 5.56 Å². The SMILES string of the molecule is CN(C)C(CNC(=O)/C=C/c1ccc(Oc2cccnc2)c(F)c1)c1ccsc1. The summed E-state index contributed by atoms with van der Waals surface area (Å²) in [6.07, 6.45) is 6.09. The van der Waals surface area contributed by atoms with Crippen LogP contribution in [0.15, 0.2) is 65.6 Å². The number of nitrogens with one attached hydrogen (secondary N) is 1. The lowest BCUT2D eigenvalue weighted by Gasteiger charge is -2.23. The van der Waals surface area contributed by atoms with Gasteiger partial charge in [-0.15, -0.1) is 0 Å². The predicted octanol–water partition coefficient (Wildman–Crippen LogP) is 4.51. The number of hydrogen-bond donors (Lipinski definition) is 1. The molecule has 0 saturated carbocycles. The zero-order chi connectivity index (χ0) is 20.6. The molecule has 1 atom stereocenters. The van der Waals surface area contributed by atoms with Crippen molar-refractivity contribution in [3.8, 4) is 11.5 Å². The molecule has 0 aliphatic rings. The molecule has 29 heavy (non-hydrogen) atoms. The Kier molecular flexibility index (Phi) is 7.10. The number of hydrogen-bond acceptors (Lipinski definition) is 5. The van der Waals surface area contributed by atoms with Crippen molar-refractivity contribution in [1.82, 2.24) is 15.2 Å². The van der Waals surface area contributed by atoms with Gasteiger partial charge in [-0.3, -0.25) is 9.78 Å². The maximum atomic E-state index is 14.3. The van der Waals surface area contributed by atoms with Gasteiger partial charge in [-0.25, -0.2) is 4.39 Å². The van der Waals surface area contributed by atoms with E-state index in [1.807, 2.05) is 19.5 Å². The van der Waals surface area contributed by atoms with E-state index in [0.29, 0.717) is 17.9 Å². The molecule has 0 bridgehead atoms. The maximum Gasteiger partial charge on any atom is 0.244 e. The maximum absolute atomic E-state index is 14.3. The van der Waals surface area contributed by atoms with Crippen LogP contribution in [0.3, 0.4) is 0 Å². The van der Waals surface area contributed by atoms with Crippen molar-refractivity contribution in [2.45, 2.75) is 6.04 Å². The first-order valence-corrected chi connectivity index (χ1v) is 9.99. The molecule has 0 saturated heterocycles. The minimum Gasteiger partial charge on any atom is -0.453 e. The summed E-state index contributed by atoms with van der Waals surface area (Å²) < 4.78 is 19.7. The second-order valence-corrected chi connectivity index (χ2v) is 7.38. The van der Waals surface area contributed by atoms with Crippen molar-refractivity contribution < 1.29 is 13.9 Å². The minimum absolute atomic E-state index is 0.0972. The normalized spacial score (nSPS) is 12.3. The summed E-state index contributed by atoms with van der Waals surface area (Å²) >= 11 is 1.63. The fraction of sp³-hybridized carbons (Fsp3) is 0.182. The van der Waals surface area contributed by atoms with Crippen LogP contribution in [0.2, 0.25) is 0 Å². The first kappa shape index (κ1) is 20.7. The molecule has 2 aromatic heterocycles. The van der Waals surface area contributed by atoms with Crippen molar-refractivity contribution in [3.05, 3.63) is 82.6 Å². The van der Waals surface area contributed by atoms with E-state index >= 15 is 0 Å². The van der Waals surface area contributed by atoms with E-state index in [-0.39, 0.29) is 17.7 Å². The number of aromatic nitrogens is 1. The molecule has 0 spiro atoms. The molecule has 1 unspecified atom stereocenters. The van der Waals surface area contributed by atoms with Crippen molar-refractivity contribution in [1.29, 1.82) is 0 Å². The highest BCUT2D eigenvalue weighted by atomic mass is 32.1. The molecule has 150 valence electrons. The van der Waals surface area contributed by atoms with Crippen LogP contribution in [-0.2, 0) is 4.79 Å². The molecule has 5 nitrogen and oxygen atoms in total. The lowest BCUT2D eigenvalue weighted by atomic mass is 10.1. The van der Waals surface area contributed by atoms with Gasteiger partial charge < -0.3 is 15.0 Å². The number of thiophene rings is 1. The van der Waals surface area contributed by atoms with Gasteiger partial charge in [-0.05, 0) is 72.4 Å². The van der Waals surface area contributed by atoms with E-state index < -0.39 is 5.82 Å². The van der Waals surface area contributed by atoms with Gasteiger partial charge in [0, 0.05) is 18.8 Å². The van der Waals surface area contributed by atoms with Gasteiger partial charge in [0.2, 0.25) is 5.91 Å². The molecule has 1 N–H and O–H groups in total. The first-order valence-electron chi connectivity index (χ1n) is 9.05. The third kappa shape index (κ3) is 5.97. The van der Waals surface area contributed by atoms with E-state index in [9.17, 15) is 9.18 Å². The number of likely N-dealkylation sites (N-methyl/N-ethyl adjacent to an activating group) is 1. The first-order chi connectivity index (χ1) is 14.0. The van der Waals surface area contributed by atoms with Crippen LogP contribution in [0.4, 0.5) is 4.39 Å². The van der Waals surface area contributed by atoms with Gasteiger partial charge in [0.15, 0.2) is 11.6 Å². The van der Waals surface area contributed by atoms with Crippen LogP contribution < -0.4 is 10.1 Å². The smallest absolute Gasteiger partial charge is 0.244 e. The summed E-state index contributed by atoms with van der Waals surface area (Å²) in [5, 5.41) is 6.98. The summed E-state index contributed by atoms with van der Waals surface area (Å²) in [4.78, 5) is 18.2. The third-order valence-electron chi connectivity index (χ3n) is 4.27. The Labute approximate surface area is 173 Å². The number of carbonyl (C=O) groups is 1. The molecule has 3 aromatic rings. The topological polar surface area (TPSA) is 54.5 Å². The van der Waals surface area contributed by atoms with Crippen LogP contribution in [0.1, 0.15) is 17.2 Å². The Bertz CT molecular complexity index is 959. The second-order valence-electron chi connectivity index (χ2n) is 6.60. The van der Waals surface area contributed by atoms with E-state index in [4.69, 9.17) is 4.74 Å². The Morgan fingerprint density at radius 3 is 2.86 bits per heavy atom. The molecule has 1 amide bonds. The quantitative estimate of drug-likeness (QED) is 0.554. The Balaban J connectivity index is 1.57. The fourth-order valence-corrected chi connectivity index (χ4v) is 3.44. The molecule has 2 heterocycles. The van der Waals surface area contributed by atoms with Crippen LogP contribution in [0.5, 0.6) is 11.5 Å². The average Bonchev–Trinajstić information content (AvgIpc) is 3.23. The lowest BCUT2D eigenvalue weighted by molar-refractivity contribution is -0.116. The Morgan fingerprint density at radius 2 is 2.21 bits per heavy atom. The summed E-state index contributed by atoms with van der Waals surface area (Å²) in [5.74, 6) is -0.191. The van der Waals surface area contributed by atoms with Crippen molar-refractivity contribution in [2.75, 3.05) is 20.6 Å². The number of amides is 1. The highest BCUT2D eigenvalue weighted by Gasteiger charge is 2.15. The summed E-state index contributed by atoms with van der Waals surface area (Å²) in [5.41, 5.74) is 1.73. The van der Waals surface area contributed by atoms with Crippen LogP contribution in [0.25, 0.3) is 6.08 Å². The van der Waals surface area contributed by atoms with Gasteiger partial charge in [0.25, 0.3) is 0 Å². The molecule has 0 aliphatic heterocycles. The molecule has 7 heteroatoms. The van der Waals surface area contributed by atoms with Crippen molar-refractivity contribution in [2.24, 2.45) is 0 Å². The molecular formula is C22H22FN3O2S.